The summed E-state index contributed by atoms with van der Waals surface area (Å²) in [6.07, 6.45) is 0. The molecule has 0 aliphatic heterocycles. The second-order valence-corrected chi connectivity index (χ2v) is 7.96. The summed E-state index contributed by atoms with van der Waals surface area (Å²) < 4.78 is 5.14. The van der Waals surface area contributed by atoms with E-state index < -0.39 is 0 Å². The summed E-state index contributed by atoms with van der Waals surface area (Å²) in [5, 5.41) is 7.07. The molecule has 0 aliphatic rings. The van der Waals surface area contributed by atoms with Gasteiger partial charge in [0.05, 0.1) is 18.6 Å². The van der Waals surface area contributed by atoms with Gasteiger partial charge in [0.25, 0.3) is 5.91 Å². The third-order valence-corrected chi connectivity index (χ3v) is 5.59. The maximum absolute atomic E-state index is 12.3. The topological polar surface area (TPSA) is 79.8 Å². The van der Waals surface area contributed by atoms with E-state index in [-0.39, 0.29) is 11.8 Å². The monoisotopic (exact) mass is 447 g/mol. The van der Waals surface area contributed by atoms with Crippen molar-refractivity contribution in [1.82, 2.24) is 5.43 Å². The van der Waals surface area contributed by atoms with Crippen molar-refractivity contribution in [3.8, 4) is 5.75 Å². The Bertz CT molecular complexity index is 1080. The van der Waals surface area contributed by atoms with E-state index in [1.807, 2.05) is 73.7 Å². The van der Waals surface area contributed by atoms with Crippen LogP contribution in [0.1, 0.15) is 28.4 Å². The van der Waals surface area contributed by atoms with Gasteiger partial charge in [-0.3, -0.25) is 9.59 Å². The molecular formula is C25H25N3O3S. The Morgan fingerprint density at radius 3 is 2.38 bits per heavy atom. The summed E-state index contributed by atoms with van der Waals surface area (Å²) in [5.41, 5.74) is 6.42. The van der Waals surface area contributed by atoms with Gasteiger partial charge in [-0.25, -0.2) is 5.43 Å². The predicted molar refractivity (Wildman–Crippen MR) is 130 cm³/mol. The minimum atomic E-state index is -0.181. The molecule has 3 rings (SSSR count). The summed E-state index contributed by atoms with van der Waals surface area (Å²) in [6.45, 7) is 1.81. The average Bonchev–Trinajstić information content (AvgIpc) is 2.83. The van der Waals surface area contributed by atoms with E-state index in [1.165, 1.54) is 11.8 Å². The molecule has 0 saturated heterocycles. The van der Waals surface area contributed by atoms with Crippen molar-refractivity contribution in [2.24, 2.45) is 5.10 Å². The number of nitrogens with one attached hydrogen (secondary N) is 2. The van der Waals surface area contributed by atoms with E-state index in [4.69, 9.17) is 4.74 Å². The Morgan fingerprint density at radius 2 is 1.66 bits per heavy atom. The van der Waals surface area contributed by atoms with Crippen LogP contribution in [0, 0.1) is 0 Å². The number of nitrogens with zero attached hydrogens (tertiary/aromatic N) is 1. The Kier molecular flexibility index (Phi) is 8.45. The number of carbonyl (C=O) groups excluding carboxylic acids is 2. The highest BCUT2D eigenvalue weighted by Gasteiger charge is 2.07. The van der Waals surface area contributed by atoms with E-state index >= 15 is 0 Å². The number of carbonyl (C=O) groups is 2. The second-order valence-electron chi connectivity index (χ2n) is 6.97. The number of amides is 2. The largest absolute Gasteiger partial charge is 0.497 e. The van der Waals surface area contributed by atoms with Crippen LogP contribution in [0.4, 0.5) is 5.69 Å². The molecule has 0 radical (unpaired) electrons. The number of thioether (sulfide) groups is 1. The van der Waals surface area contributed by atoms with Crippen LogP contribution in [0.5, 0.6) is 5.75 Å². The van der Waals surface area contributed by atoms with Gasteiger partial charge in [0.1, 0.15) is 5.75 Å². The lowest BCUT2D eigenvalue weighted by Gasteiger charge is -2.08. The SMILES string of the molecule is COc1ccc(CSCC(=O)N/N=C(\C)c2cccc(NC(=O)c3ccccc3)c2)cc1. The second kappa shape index (κ2) is 11.7. The van der Waals surface area contributed by atoms with E-state index in [0.29, 0.717) is 22.7 Å². The maximum atomic E-state index is 12.3. The molecule has 0 atom stereocenters. The molecule has 0 saturated carbocycles. The fraction of sp³-hybridized carbons (Fsp3) is 0.160. The first-order valence-electron chi connectivity index (χ1n) is 10.1. The molecule has 0 aliphatic carbocycles. The zero-order valence-corrected chi connectivity index (χ0v) is 18.8. The summed E-state index contributed by atoms with van der Waals surface area (Å²) in [7, 11) is 1.63. The van der Waals surface area contributed by atoms with Crippen LogP contribution in [-0.2, 0) is 10.5 Å². The number of methoxy groups -OCH3 is 1. The lowest BCUT2D eigenvalue weighted by Crippen LogP contribution is -2.21. The lowest BCUT2D eigenvalue weighted by atomic mass is 10.1. The fourth-order valence-electron chi connectivity index (χ4n) is 2.84. The zero-order valence-electron chi connectivity index (χ0n) is 18.0. The normalized spacial score (nSPS) is 11.0. The highest BCUT2D eigenvalue weighted by Crippen LogP contribution is 2.16. The molecule has 2 amide bonds. The number of rotatable bonds is 9. The summed E-state index contributed by atoms with van der Waals surface area (Å²) >= 11 is 1.51. The molecule has 0 unspecified atom stereocenters. The van der Waals surface area contributed by atoms with Crippen LogP contribution >= 0.6 is 11.8 Å². The van der Waals surface area contributed by atoms with Crippen LogP contribution in [0.15, 0.2) is 84.0 Å². The fourth-order valence-corrected chi connectivity index (χ4v) is 3.62. The van der Waals surface area contributed by atoms with Gasteiger partial charge in [-0.1, -0.05) is 42.5 Å². The van der Waals surface area contributed by atoms with Gasteiger partial charge in [-0.2, -0.15) is 5.10 Å². The quantitative estimate of drug-likeness (QED) is 0.367. The minimum Gasteiger partial charge on any atom is -0.497 e. The third-order valence-electron chi connectivity index (χ3n) is 4.58. The van der Waals surface area contributed by atoms with Gasteiger partial charge in [0.15, 0.2) is 0 Å². The number of hydrogen-bond acceptors (Lipinski definition) is 5. The number of hydrazone groups is 1. The number of anilines is 1. The minimum absolute atomic E-state index is 0.170. The van der Waals surface area contributed by atoms with Crippen LogP contribution in [-0.4, -0.2) is 30.4 Å². The van der Waals surface area contributed by atoms with E-state index in [9.17, 15) is 9.59 Å². The first-order valence-corrected chi connectivity index (χ1v) is 11.2. The van der Waals surface area contributed by atoms with E-state index in [0.717, 1.165) is 22.6 Å². The highest BCUT2D eigenvalue weighted by molar-refractivity contribution is 7.99. The maximum Gasteiger partial charge on any atom is 0.255 e. The van der Waals surface area contributed by atoms with Crippen molar-refractivity contribution in [2.45, 2.75) is 12.7 Å². The van der Waals surface area contributed by atoms with Crippen molar-refractivity contribution in [3.05, 3.63) is 95.6 Å². The average molecular weight is 448 g/mol. The van der Waals surface area contributed by atoms with Crippen molar-refractivity contribution in [1.29, 1.82) is 0 Å². The van der Waals surface area contributed by atoms with Crippen LogP contribution in [0.3, 0.4) is 0 Å². The summed E-state index contributed by atoms with van der Waals surface area (Å²) in [6, 6.07) is 24.1. The van der Waals surface area contributed by atoms with Crippen LogP contribution < -0.4 is 15.5 Å². The first-order chi connectivity index (χ1) is 15.5. The molecule has 0 spiro atoms. The van der Waals surface area contributed by atoms with E-state index in [1.54, 1.807) is 19.2 Å². The first kappa shape index (κ1) is 23.1. The van der Waals surface area contributed by atoms with Gasteiger partial charge in [-0.15, -0.1) is 11.8 Å². The standard InChI is InChI=1S/C25H25N3O3S/c1-18(27-28-24(29)17-32-16-19-11-13-23(31-2)14-12-19)21-9-6-10-22(15-21)26-25(30)20-7-4-3-5-8-20/h3-15H,16-17H2,1-2H3,(H,26,30)(H,28,29)/b27-18+. The molecule has 0 fully saturated rings. The predicted octanol–water partition coefficient (Wildman–Crippen LogP) is 4.72. The third kappa shape index (κ3) is 6.99. The molecule has 3 aromatic carbocycles. The Labute approximate surface area is 192 Å². The van der Waals surface area contributed by atoms with Gasteiger partial charge in [0, 0.05) is 17.0 Å². The molecule has 0 heterocycles. The Balaban J connectivity index is 1.49. The molecule has 0 aromatic heterocycles. The van der Waals surface area contributed by atoms with Crippen molar-refractivity contribution in [3.63, 3.8) is 0 Å². The van der Waals surface area contributed by atoms with Gasteiger partial charge in [-0.05, 0) is 54.4 Å². The number of hydrogen-bond donors (Lipinski definition) is 2. The number of ether oxygens (including phenoxy) is 1. The van der Waals surface area contributed by atoms with Gasteiger partial charge in [0.2, 0.25) is 5.91 Å². The van der Waals surface area contributed by atoms with Gasteiger partial charge >= 0.3 is 0 Å². The molecule has 6 nitrogen and oxygen atoms in total. The van der Waals surface area contributed by atoms with Crippen molar-refractivity contribution in [2.75, 3.05) is 18.2 Å². The molecule has 0 bridgehead atoms. The number of benzene rings is 3. The Morgan fingerprint density at radius 1 is 0.938 bits per heavy atom. The van der Waals surface area contributed by atoms with Crippen LogP contribution in [0.2, 0.25) is 0 Å². The Hall–Kier alpha value is -3.58. The lowest BCUT2D eigenvalue weighted by molar-refractivity contribution is -0.118. The van der Waals surface area contributed by atoms with Crippen molar-refractivity contribution >= 4 is 35.0 Å². The molecular weight excluding hydrogens is 422 g/mol. The molecule has 164 valence electrons. The summed E-state index contributed by atoms with van der Waals surface area (Å²) in [4.78, 5) is 24.5. The van der Waals surface area contributed by atoms with Gasteiger partial charge < -0.3 is 10.1 Å². The zero-order chi connectivity index (χ0) is 22.8. The molecule has 3 aromatic rings. The molecule has 32 heavy (non-hydrogen) atoms. The molecule has 7 heteroatoms. The molecule has 2 N–H and O–H groups in total. The highest BCUT2D eigenvalue weighted by atomic mass is 32.2. The smallest absolute Gasteiger partial charge is 0.255 e. The van der Waals surface area contributed by atoms with Crippen molar-refractivity contribution < 1.29 is 14.3 Å². The van der Waals surface area contributed by atoms with E-state index in [2.05, 4.69) is 15.8 Å². The summed E-state index contributed by atoms with van der Waals surface area (Å²) in [5.74, 6) is 1.49. The van der Waals surface area contributed by atoms with Crippen LogP contribution in [0.25, 0.3) is 0 Å².